The first kappa shape index (κ1) is 16.5. The van der Waals surface area contributed by atoms with Crippen LogP contribution in [0.25, 0.3) is 0 Å². The standard InChI is InChI=1S/C14H16Cl2N2S.BrH/c15-10-6-5-9(11(16)7-10)8-19-14-17-12-3-1-2-4-13(12)18-14;/h5-7,12-13H,1-4,8H2,(H,17,18);1H. The molecule has 1 heterocycles. The molecule has 1 fully saturated rings. The Morgan fingerprint density at radius 2 is 2.05 bits per heavy atom. The molecular weight excluding hydrogens is 379 g/mol. The number of nitrogens with zero attached hydrogens (tertiary/aromatic N) is 1. The summed E-state index contributed by atoms with van der Waals surface area (Å²) in [7, 11) is 0. The van der Waals surface area contributed by atoms with E-state index in [1.54, 1.807) is 17.8 Å². The smallest absolute Gasteiger partial charge is 0.157 e. The molecule has 3 rings (SSSR count). The van der Waals surface area contributed by atoms with Gasteiger partial charge in [0.25, 0.3) is 0 Å². The van der Waals surface area contributed by atoms with Crippen LogP contribution in [0.3, 0.4) is 0 Å². The van der Waals surface area contributed by atoms with E-state index in [4.69, 9.17) is 28.2 Å². The summed E-state index contributed by atoms with van der Waals surface area (Å²) in [6.45, 7) is 0. The van der Waals surface area contributed by atoms with Gasteiger partial charge in [-0.25, -0.2) is 0 Å². The van der Waals surface area contributed by atoms with Gasteiger partial charge in [-0.15, -0.1) is 17.0 Å². The van der Waals surface area contributed by atoms with Crippen molar-refractivity contribution in [2.75, 3.05) is 0 Å². The van der Waals surface area contributed by atoms with Crippen molar-refractivity contribution in [1.82, 2.24) is 5.32 Å². The first-order valence-electron chi connectivity index (χ1n) is 6.63. The van der Waals surface area contributed by atoms with Gasteiger partial charge in [-0.1, -0.05) is 53.9 Å². The van der Waals surface area contributed by atoms with E-state index in [9.17, 15) is 0 Å². The van der Waals surface area contributed by atoms with Crippen molar-refractivity contribution in [2.24, 2.45) is 4.99 Å². The van der Waals surface area contributed by atoms with Crippen LogP contribution in [0.5, 0.6) is 0 Å². The highest BCUT2D eigenvalue weighted by molar-refractivity contribution is 8.93. The minimum atomic E-state index is 0. The fourth-order valence-electron chi connectivity index (χ4n) is 2.64. The summed E-state index contributed by atoms with van der Waals surface area (Å²) >= 11 is 13.8. The van der Waals surface area contributed by atoms with Gasteiger partial charge in [0, 0.05) is 15.8 Å². The third kappa shape index (κ3) is 3.85. The lowest BCUT2D eigenvalue weighted by Crippen LogP contribution is -2.36. The number of thioether (sulfide) groups is 1. The van der Waals surface area contributed by atoms with Crippen molar-refractivity contribution in [1.29, 1.82) is 0 Å². The third-order valence-electron chi connectivity index (χ3n) is 3.70. The van der Waals surface area contributed by atoms with Crippen LogP contribution < -0.4 is 5.32 Å². The van der Waals surface area contributed by atoms with Gasteiger partial charge >= 0.3 is 0 Å². The molecule has 0 radical (unpaired) electrons. The number of aliphatic imine (C=N–C) groups is 1. The zero-order valence-corrected chi connectivity index (χ0v) is 15.0. The summed E-state index contributed by atoms with van der Waals surface area (Å²) < 4.78 is 0. The van der Waals surface area contributed by atoms with Crippen LogP contribution in [-0.4, -0.2) is 17.3 Å². The van der Waals surface area contributed by atoms with E-state index in [2.05, 4.69) is 5.32 Å². The molecule has 2 aliphatic rings. The molecule has 0 aromatic heterocycles. The summed E-state index contributed by atoms with van der Waals surface area (Å²) in [5, 5.41) is 6.02. The molecule has 1 saturated carbocycles. The van der Waals surface area contributed by atoms with Gasteiger partial charge in [-0.3, -0.25) is 4.99 Å². The second-order valence-corrected chi connectivity index (χ2v) is 6.87. The molecule has 110 valence electrons. The lowest BCUT2D eigenvalue weighted by atomic mass is 9.92. The number of benzene rings is 1. The monoisotopic (exact) mass is 394 g/mol. The molecule has 0 spiro atoms. The second kappa shape index (κ2) is 7.39. The molecule has 0 bridgehead atoms. The minimum Gasteiger partial charge on any atom is -0.360 e. The predicted octanol–water partition coefficient (Wildman–Crippen LogP) is 5.07. The topological polar surface area (TPSA) is 24.4 Å². The van der Waals surface area contributed by atoms with Crippen LogP contribution in [0.2, 0.25) is 10.0 Å². The molecule has 1 aromatic rings. The number of nitrogens with one attached hydrogen (secondary N) is 1. The lowest BCUT2D eigenvalue weighted by molar-refractivity contribution is 0.385. The Labute approximate surface area is 144 Å². The molecule has 0 saturated heterocycles. The van der Waals surface area contributed by atoms with E-state index >= 15 is 0 Å². The summed E-state index contributed by atoms with van der Waals surface area (Å²) in [4.78, 5) is 4.77. The molecular formula is C14H17BrCl2N2S. The van der Waals surface area contributed by atoms with Crippen molar-refractivity contribution >= 4 is 57.1 Å². The molecule has 1 aliphatic heterocycles. The molecule has 0 amide bonds. The van der Waals surface area contributed by atoms with Crippen LogP contribution >= 0.6 is 51.9 Å². The SMILES string of the molecule is Br.Clc1ccc(CSC2=NC3CCCCC3N2)c(Cl)c1. The molecule has 2 atom stereocenters. The van der Waals surface area contributed by atoms with Gasteiger partial charge < -0.3 is 5.32 Å². The molecule has 1 aromatic carbocycles. The van der Waals surface area contributed by atoms with E-state index in [1.807, 2.05) is 12.1 Å². The Balaban J connectivity index is 0.00000147. The predicted molar refractivity (Wildman–Crippen MR) is 94.7 cm³/mol. The Bertz CT molecular complexity index is 510. The van der Waals surface area contributed by atoms with E-state index in [1.165, 1.54) is 25.7 Å². The van der Waals surface area contributed by atoms with Gasteiger partial charge in [0.2, 0.25) is 0 Å². The largest absolute Gasteiger partial charge is 0.360 e. The number of fused-ring (bicyclic) bond motifs is 1. The van der Waals surface area contributed by atoms with E-state index in [0.717, 1.165) is 21.5 Å². The Kier molecular flexibility index (Phi) is 6.09. The van der Waals surface area contributed by atoms with Gasteiger partial charge in [0.15, 0.2) is 5.17 Å². The quantitative estimate of drug-likeness (QED) is 0.755. The van der Waals surface area contributed by atoms with E-state index < -0.39 is 0 Å². The fourth-order valence-corrected chi connectivity index (χ4v) is 4.19. The Hall–Kier alpha value is 0.1000. The third-order valence-corrected chi connectivity index (χ3v) is 5.24. The number of halogens is 3. The molecule has 20 heavy (non-hydrogen) atoms. The van der Waals surface area contributed by atoms with Crippen molar-refractivity contribution in [3.8, 4) is 0 Å². The van der Waals surface area contributed by atoms with Gasteiger partial charge in [-0.2, -0.15) is 0 Å². The highest BCUT2D eigenvalue weighted by Crippen LogP contribution is 2.29. The molecule has 1 N–H and O–H groups in total. The molecule has 6 heteroatoms. The number of amidine groups is 1. The zero-order valence-electron chi connectivity index (χ0n) is 10.9. The highest BCUT2D eigenvalue weighted by atomic mass is 79.9. The van der Waals surface area contributed by atoms with E-state index in [-0.39, 0.29) is 17.0 Å². The van der Waals surface area contributed by atoms with Crippen LogP contribution in [0.15, 0.2) is 23.2 Å². The fraction of sp³-hybridized carbons (Fsp3) is 0.500. The maximum absolute atomic E-state index is 6.18. The molecule has 1 aliphatic carbocycles. The lowest BCUT2D eigenvalue weighted by Gasteiger charge is -2.23. The Morgan fingerprint density at radius 3 is 2.80 bits per heavy atom. The average molecular weight is 396 g/mol. The molecule has 2 unspecified atom stereocenters. The van der Waals surface area contributed by atoms with Crippen LogP contribution in [0, 0.1) is 0 Å². The summed E-state index contributed by atoms with van der Waals surface area (Å²) in [5.74, 6) is 0.835. The minimum absolute atomic E-state index is 0. The maximum Gasteiger partial charge on any atom is 0.157 e. The second-order valence-electron chi connectivity index (χ2n) is 5.06. The first-order valence-corrected chi connectivity index (χ1v) is 8.37. The number of hydrogen-bond donors (Lipinski definition) is 1. The van der Waals surface area contributed by atoms with Gasteiger partial charge in [0.05, 0.1) is 12.1 Å². The van der Waals surface area contributed by atoms with Crippen molar-refractivity contribution in [3.05, 3.63) is 33.8 Å². The number of rotatable bonds is 2. The van der Waals surface area contributed by atoms with E-state index in [0.29, 0.717) is 17.1 Å². The van der Waals surface area contributed by atoms with Gasteiger partial charge in [0.1, 0.15) is 0 Å². The highest BCUT2D eigenvalue weighted by Gasteiger charge is 2.30. The van der Waals surface area contributed by atoms with Crippen molar-refractivity contribution in [2.45, 2.75) is 43.5 Å². The normalized spacial score (nSPS) is 24.4. The van der Waals surface area contributed by atoms with Crippen LogP contribution in [0.1, 0.15) is 31.2 Å². The number of hydrogen-bond acceptors (Lipinski definition) is 3. The Morgan fingerprint density at radius 1 is 1.25 bits per heavy atom. The zero-order chi connectivity index (χ0) is 13.2. The maximum atomic E-state index is 6.18. The van der Waals surface area contributed by atoms with Crippen LogP contribution in [-0.2, 0) is 5.75 Å². The van der Waals surface area contributed by atoms with Crippen LogP contribution in [0.4, 0.5) is 0 Å². The summed E-state index contributed by atoms with van der Waals surface area (Å²) in [6, 6.07) is 6.73. The summed E-state index contributed by atoms with van der Waals surface area (Å²) in [6.07, 6.45) is 5.11. The average Bonchev–Trinajstić information content (AvgIpc) is 2.80. The first-order chi connectivity index (χ1) is 9.22. The molecule has 2 nitrogen and oxygen atoms in total. The van der Waals surface area contributed by atoms with Crippen molar-refractivity contribution in [3.63, 3.8) is 0 Å². The van der Waals surface area contributed by atoms with Gasteiger partial charge in [-0.05, 0) is 30.5 Å². The summed E-state index contributed by atoms with van der Waals surface area (Å²) in [5.41, 5.74) is 1.11. The van der Waals surface area contributed by atoms with Crippen molar-refractivity contribution < 1.29 is 0 Å².